The van der Waals surface area contributed by atoms with Crippen LogP contribution in [0.5, 0.6) is 0 Å². The van der Waals surface area contributed by atoms with Crippen molar-refractivity contribution >= 4 is 0 Å². The van der Waals surface area contributed by atoms with Gasteiger partial charge in [0.15, 0.2) is 0 Å². The Kier molecular flexibility index (Phi) is 3.50. The van der Waals surface area contributed by atoms with Crippen molar-refractivity contribution < 1.29 is 0 Å². The third-order valence-corrected chi connectivity index (χ3v) is 4.03. The molecule has 0 saturated heterocycles. The highest BCUT2D eigenvalue weighted by atomic mass is 15.3. The number of rotatable bonds is 3. The maximum absolute atomic E-state index is 4.68. The monoisotopic (exact) mass is 314 g/mol. The molecule has 0 saturated carbocycles. The molecule has 0 aliphatic heterocycles. The number of benzene rings is 2. The summed E-state index contributed by atoms with van der Waals surface area (Å²) < 4.78 is 3.90. The van der Waals surface area contributed by atoms with Crippen molar-refractivity contribution in [1.29, 1.82) is 0 Å². The van der Waals surface area contributed by atoms with Crippen molar-refractivity contribution in [1.82, 2.24) is 19.6 Å². The zero-order chi connectivity index (χ0) is 16.5. The maximum Gasteiger partial charge on any atom is 0.0778 e. The molecule has 0 spiro atoms. The van der Waals surface area contributed by atoms with Gasteiger partial charge in [0, 0.05) is 11.8 Å². The van der Waals surface area contributed by atoms with Crippen LogP contribution in [-0.2, 0) is 0 Å². The molecule has 4 rings (SSSR count). The summed E-state index contributed by atoms with van der Waals surface area (Å²) in [5.41, 5.74) is 6.21. The summed E-state index contributed by atoms with van der Waals surface area (Å²) in [7, 11) is 0. The van der Waals surface area contributed by atoms with Crippen molar-refractivity contribution in [2.45, 2.75) is 13.8 Å². The molecule has 2 aromatic heterocycles. The summed E-state index contributed by atoms with van der Waals surface area (Å²) in [5, 5.41) is 9.34. The van der Waals surface area contributed by atoms with Gasteiger partial charge >= 0.3 is 0 Å². The van der Waals surface area contributed by atoms with Crippen molar-refractivity contribution in [2.24, 2.45) is 0 Å². The van der Waals surface area contributed by atoms with Gasteiger partial charge in [0.25, 0.3) is 0 Å². The van der Waals surface area contributed by atoms with Crippen LogP contribution in [0.15, 0.2) is 72.9 Å². The van der Waals surface area contributed by atoms with Crippen molar-refractivity contribution in [3.63, 3.8) is 0 Å². The van der Waals surface area contributed by atoms with Gasteiger partial charge in [0.2, 0.25) is 0 Å². The van der Waals surface area contributed by atoms with Gasteiger partial charge in [-0.05, 0) is 44.2 Å². The van der Waals surface area contributed by atoms with Crippen LogP contribution < -0.4 is 0 Å². The molecule has 0 aliphatic carbocycles. The van der Waals surface area contributed by atoms with E-state index in [-0.39, 0.29) is 0 Å². The quantitative estimate of drug-likeness (QED) is 0.564. The molecule has 0 atom stereocenters. The molecule has 4 heteroatoms. The lowest BCUT2D eigenvalue weighted by atomic mass is 10.2. The lowest BCUT2D eigenvalue weighted by molar-refractivity contribution is 0.863. The van der Waals surface area contributed by atoms with Crippen LogP contribution in [-0.4, -0.2) is 19.6 Å². The third kappa shape index (κ3) is 2.52. The average Bonchev–Trinajstić information content (AvgIpc) is 3.19. The first-order chi connectivity index (χ1) is 11.7. The van der Waals surface area contributed by atoms with Crippen LogP contribution in [0.4, 0.5) is 0 Å². The van der Waals surface area contributed by atoms with E-state index in [1.807, 2.05) is 59.6 Å². The molecule has 4 aromatic rings. The molecule has 2 heterocycles. The highest BCUT2D eigenvalue weighted by Gasteiger charge is 2.15. The van der Waals surface area contributed by atoms with Crippen LogP contribution in [0.2, 0.25) is 0 Å². The van der Waals surface area contributed by atoms with Gasteiger partial charge < -0.3 is 0 Å². The predicted molar refractivity (Wildman–Crippen MR) is 95.6 cm³/mol. The van der Waals surface area contributed by atoms with E-state index < -0.39 is 0 Å². The molecule has 24 heavy (non-hydrogen) atoms. The number of nitrogens with zero attached hydrogens (tertiary/aromatic N) is 4. The van der Waals surface area contributed by atoms with Gasteiger partial charge in [-0.2, -0.15) is 10.2 Å². The summed E-state index contributed by atoms with van der Waals surface area (Å²) in [5.74, 6) is 0. The zero-order valence-corrected chi connectivity index (χ0v) is 13.7. The van der Waals surface area contributed by atoms with Crippen molar-refractivity contribution in [3.8, 4) is 22.6 Å². The summed E-state index contributed by atoms with van der Waals surface area (Å²) >= 11 is 0. The highest BCUT2D eigenvalue weighted by Crippen LogP contribution is 2.27. The van der Waals surface area contributed by atoms with Gasteiger partial charge in [0.1, 0.15) is 0 Å². The largest absolute Gasteiger partial charge is 0.240 e. The fourth-order valence-electron chi connectivity index (χ4n) is 2.88. The van der Waals surface area contributed by atoms with Crippen LogP contribution in [0, 0.1) is 13.8 Å². The van der Waals surface area contributed by atoms with Crippen LogP contribution >= 0.6 is 0 Å². The van der Waals surface area contributed by atoms with Gasteiger partial charge in [-0.3, -0.25) is 0 Å². The predicted octanol–water partition coefficient (Wildman–Crippen LogP) is 4.34. The number of hydrogen-bond donors (Lipinski definition) is 0. The maximum atomic E-state index is 4.68. The zero-order valence-electron chi connectivity index (χ0n) is 13.7. The molecule has 0 amide bonds. The third-order valence-electron chi connectivity index (χ3n) is 4.03. The van der Waals surface area contributed by atoms with E-state index in [9.17, 15) is 0 Å². The molecular weight excluding hydrogens is 296 g/mol. The Balaban J connectivity index is 1.85. The minimum Gasteiger partial charge on any atom is -0.240 e. The normalized spacial score (nSPS) is 10.9. The van der Waals surface area contributed by atoms with Crippen molar-refractivity contribution in [3.05, 3.63) is 84.3 Å². The van der Waals surface area contributed by atoms with E-state index in [2.05, 4.69) is 46.7 Å². The summed E-state index contributed by atoms with van der Waals surface area (Å²) in [6.45, 7) is 4.05. The minimum absolute atomic E-state index is 0.982. The highest BCUT2D eigenvalue weighted by molar-refractivity contribution is 5.65. The van der Waals surface area contributed by atoms with Gasteiger partial charge in [-0.25, -0.2) is 9.36 Å². The summed E-state index contributed by atoms with van der Waals surface area (Å²) in [6.07, 6.45) is 2.07. The Morgan fingerprint density at radius 2 is 1.38 bits per heavy atom. The van der Waals surface area contributed by atoms with Gasteiger partial charge in [0.05, 0.1) is 28.5 Å². The molecule has 0 radical (unpaired) electrons. The fraction of sp³-hybridized carbons (Fsp3) is 0.100. The molecule has 118 valence electrons. The van der Waals surface area contributed by atoms with E-state index in [4.69, 9.17) is 0 Å². The van der Waals surface area contributed by atoms with E-state index in [1.54, 1.807) is 0 Å². The molecule has 4 nitrogen and oxygen atoms in total. The molecule has 0 bridgehead atoms. The minimum atomic E-state index is 0.982. The number of para-hydroxylation sites is 2. The van der Waals surface area contributed by atoms with Crippen LogP contribution in [0.3, 0.4) is 0 Å². The Labute approximate surface area is 141 Å². The first-order valence-electron chi connectivity index (χ1n) is 7.96. The number of aryl methyl sites for hydroxylation is 2. The second-order valence-electron chi connectivity index (χ2n) is 5.83. The average molecular weight is 314 g/mol. The SMILES string of the molecule is Cc1cc(-c2cn(-c3ccccc3)nc2C)n(-c2ccccc2)n1. The van der Waals surface area contributed by atoms with Crippen LogP contribution in [0.25, 0.3) is 22.6 Å². The molecule has 0 aliphatic rings. The Bertz CT molecular complexity index is 966. The first-order valence-corrected chi connectivity index (χ1v) is 7.96. The van der Waals surface area contributed by atoms with Crippen molar-refractivity contribution in [2.75, 3.05) is 0 Å². The molecule has 0 unspecified atom stereocenters. The fourth-order valence-corrected chi connectivity index (χ4v) is 2.88. The Morgan fingerprint density at radius 1 is 0.750 bits per heavy atom. The molecule has 0 fully saturated rings. The second kappa shape index (κ2) is 5.81. The van der Waals surface area contributed by atoms with E-state index in [1.165, 1.54) is 0 Å². The van der Waals surface area contributed by atoms with E-state index in [0.717, 1.165) is 34.0 Å². The molecule has 2 aromatic carbocycles. The van der Waals surface area contributed by atoms with Gasteiger partial charge in [-0.15, -0.1) is 0 Å². The smallest absolute Gasteiger partial charge is 0.0778 e. The number of hydrogen-bond acceptors (Lipinski definition) is 2. The summed E-state index contributed by atoms with van der Waals surface area (Å²) in [4.78, 5) is 0. The molecular formula is C20H18N4. The number of aromatic nitrogens is 4. The lowest BCUT2D eigenvalue weighted by Gasteiger charge is -2.06. The standard InChI is InChI=1S/C20H18N4/c1-15-13-20(24(21-15)18-11-7-4-8-12-18)19-14-23(22-16(19)2)17-9-5-3-6-10-17/h3-14H,1-2H3. The first kappa shape index (κ1) is 14.5. The lowest BCUT2D eigenvalue weighted by Crippen LogP contribution is -1.99. The second-order valence-corrected chi connectivity index (χ2v) is 5.83. The van der Waals surface area contributed by atoms with Crippen LogP contribution in [0.1, 0.15) is 11.4 Å². The van der Waals surface area contributed by atoms with E-state index >= 15 is 0 Å². The Morgan fingerprint density at radius 3 is 2.04 bits per heavy atom. The molecule has 0 N–H and O–H groups in total. The van der Waals surface area contributed by atoms with E-state index in [0.29, 0.717) is 0 Å². The topological polar surface area (TPSA) is 35.6 Å². The van der Waals surface area contributed by atoms with Gasteiger partial charge in [-0.1, -0.05) is 36.4 Å². The summed E-state index contributed by atoms with van der Waals surface area (Å²) in [6, 6.07) is 22.4. The Hall–Kier alpha value is -3.14.